The lowest BCUT2D eigenvalue weighted by Crippen LogP contribution is -2.15. The molecule has 100 valence electrons. The van der Waals surface area contributed by atoms with Crippen LogP contribution < -0.4 is 5.73 Å². The number of anilines is 1. The van der Waals surface area contributed by atoms with Crippen molar-refractivity contribution in [3.63, 3.8) is 0 Å². The van der Waals surface area contributed by atoms with Gasteiger partial charge >= 0.3 is 0 Å². The van der Waals surface area contributed by atoms with Gasteiger partial charge in [0, 0.05) is 22.1 Å². The van der Waals surface area contributed by atoms with E-state index < -0.39 is 0 Å². The minimum Gasteiger partial charge on any atom is -0.384 e. The van der Waals surface area contributed by atoms with E-state index in [9.17, 15) is 0 Å². The Labute approximate surface area is 118 Å². The molecule has 2 N–H and O–H groups in total. The SMILES string of the molecule is Cc1cc(Cl)ccc1-c1nc(N)cc(C(C)(C)C)n1. The molecule has 0 spiro atoms. The summed E-state index contributed by atoms with van der Waals surface area (Å²) in [4.78, 5) is 8.96. The van der Waals surface area contributed by atoms with Crippen molar-refractivity contribution >= 4 is 17.4 Å². The zero-order chi connectivity index (χ0) is 14.2. The molecular weight excluding hydrogens is 258 g/mol. The zero-order valence-corrected chi connectivity index (χ0v) is 12.4. The Bertz CT molecular complexity index is 615. The number of nitrogens with two attached hydrogens (primary N) is 1. The molecule has 0 fully saturated rings. The van der Waals surface area contributed by atoms with Crippen LogP contribution in [0.25, 0.3) is 11.4 Å². The maximum Gasteiger partial charge on any atom is 0.162 e. The second kappa shape index (κ2) is 4.82. The minimum atomic E-state index is -0.0634. The topological polar surface area (TPSA) is 51.8 Å². The standard InChI is InChI=1S/C15H18ClN3/c1-9-7-10(16)5-6-11(9)14-18-12(15(2,3)4)8-13(17)19-14/h5-8H,1-4H3,(H2,17,18,19). The van der Waals surface area contributed by atoms with Gasteiger partial charge in [0.1, 0.15) is 5.82 Å². The number of nitrogens with zero attached hydrogens (tertiary/aromatic N) is 2. The van der Waals surface area contributed by atoms with Gasteiger partial charge in [-0.2, -0.15) is 0 Å². The van der Waals surface area contributed by atoms with E-state index in [-0.39, 0.29) is 5.41 Å². The average Bonchev–Trinajstić information content (AvgIpc) is 2.26. The van der Waals surface area contributed by atoms with Gasteiger partial charge in [0.25, 0.3) is 0 Å². The number of halogens is 1. The number of aryl methyl sites for hydroxylation is 1. The lowest BCUT2D eigenvalue weighted by atomic mass is 9.91. The van der Waals surface area contributed by atoms with Crippen LogP contribution in [0.1, 0.15) is 32.0 Å². The summed E-state index contributed by atoms with van der Waals surface area (Å²) in [6.45, 7) is 8.30. The minimum absolute atomic E-state index is 0.0634. The van der Waals surface area contributed by atoms with Crippen LogP contribution in [0.2, 0.25) is 5.02 Å². The first-order chi connectivity index (χ1) is 8.77. The fourth-order valence-corrected chi connectivity index (χ4v) is 2.08. The molecule has 1 aromatic carbocycles. The van der Waals surface area contributed by atoms with Gasteiger partial charge in [-0.15, -0.1) is 0 Å². The van der Waals surface area contributed by atoms with Crippen molar-refractivity contribution in [1.29, 1.82) is 0 Å². The molecule has 0 bridgehead atoms. The fraction of sp³-hybridized carbons (Fsp3) is 0.333. The summed E-state index contributed by atoms with van der Waals surface area (Å²) in [6, 6.07) is 7.50. The van der Waals surface area contributed by atoms with E-state index in [0.717, 1.165) is 16.8 Å². The Morgan fingerprint density at radius 2 is 1.79 bits per heavy atom. The van der Waals surface area contributed by atoms with Gasteiger partial charge in [-0.25, -0.2) is 9.97 Å². The molecule has 2 rings (SSSR count). The maximum atomic E-state index is 5.97. The van der Waals surface area contributed by atoms with Crippen LogP contribution >= 0.6 is 11.6 Å². The average molecular weight is 276 g/mol. The number of nitrogen functional groups attached to an aromatic ring is 1. The number of rotatable bonds is 1. The van der Waals surface area contributed by atoms with E-state index >= 15 is 0 Å². The Morgan fingerprint density at radius 3 is 2.37 bits per heavy atom. The van der Waals surface area contributed by atoms with E-state index in [1.807, 2.05) is 31.2 Å². The maximum absolute atomic E-state index is 5.97. The summed E-state index contributed by atoms with van der Waals surface area (Å²) in [7, 11) is 0. The number of benzene rings is 1. The van der Waals surface area contributed by atoms with Crippen molar-refractivity contribution < 1.29 is 0 Å². The molecule has 0 radical (unpaired) electrons. The monoisotopic (exact) mass is 275 g/mol. The molecule has 0 aliphatic heterocycles. The predicted octanol–water partition coefficient (Wildman–Crippen LogP) is 3.99. The van der Waals surface area contributed by atoms with Crippen LogP contribution in [-0.4, -0.2) is 9.97 Å². The van der Waals surface area contributed by atoms with E-state index in [1.165, 1.54) is 0 Å². The predicted molar refractivity (Wildman–Crippen MR) is 80.3 cm³/mol. The number of aromatic nitrogens is 2. The molecule has 3 nitrogen and oxygen atoms in total. The Kier molecular flexibility index (Phi) is 3.50. The Hall–Kier alpha value is -1.61. The molecule has 1 aromatic heterocycles. The van der Waals surface area contributed by atoms with Crippen LogP contribution in [-0.2, 0) is 5.41 Å². The van der Waals surface area contributed by atoms with Gasteiger partial charge in [0.2, 0.25) is 0 Å². The first kappa shape index (κ1) is 13.8. The van der Waals surface area contributed by atoms with Gasteiger partial charge < -0.3 is 5.73 Å². The zero-order valence-electron chi connectivity index (χ0n) is 11.7. The summed E-state index contributed by atoms with van der Waals surface area (Å²) >= 11 is 5.97. The smallest absolute Gasteiger partial charge is 0.162 e. The van der Waals surface area contributed by atoms with Crippen molar-refractivity contribution in [3.05, 3.63) is 40.5 Å². The molecule has 0 atom stereocenters. The van der Waals surface area contributed by atoms with E-state index in [2.05, 4.69) is 30.7 Å². The van der Waals surface area contributed by atoms with Crippen LogP contribution in [0.5, 0.6) is 0 Å². The molecule has 0 saturated carbocycles. The third kappa shape index (κ3) is 3.04. The second-order valence-corrected chi connectivity index (χ2v) is 6.15. The summed E-state index contributed by atoms with van der Waals surface area (Å²) in [5, 5.41) is 0.709. The Morgan fingerprint density at radius 1 is 1.11 bits per heavy atom. The molecular formula is C15H18ClN3. The normalized spacial score (nSPS) is 11.6. The van der Waals surface area contributed by atoms with Crippen LogP contribution in [0.3, 0.4) is 0 Å². The van der Waals surface area contributed by atoms with Crippen molar-refractivity contribution in [3.8, 4) is 11.4 Å². The molecule has 4 heteroatoms. The molecule has 0 saturated heterocycles. The summed E-state index contributed by atoms with van der Waals surface area (Å²) < 4.78 is 0. The molecule has 0 unspecified atom stereocenters. The summed E-state index contributed by atoms with van der Waals surface area (Å²) in [6.07, 6.45) is 0. The van der Waals surface area contributed by atoms with Crippen LogP contribution in [0.4, 0.5) is 5.82 Å². The largest absolute Gasteiger partial charge is 0.384 e. The molecule has 0 amide bonds. The van der Waals surface area contributed by atoms with E-state index in [1.54, 1.807) is 0 Å². The third-order valence-electron chi connectivity index (χ3n) is 2.94. The van der Waals surface area contributed by atoms with Crippen molar-refractivity contribution in [2.45, 2.75) is 33.1 Å². The lowest BCUT2D eigenvalue weighted by Gasteiger charge is -2.19. The van der Waals surface area contributed by atoms with Crippen molar-refractivity contribution in [2.75, 3.05) is 5.73 Å². The van der Waals surface area contributed by atoms with Crippen molar-refractivity contribution in [2.24, 2.45) is 0 Å². The quantitative estimate of drug-likeness (QED) is 0.856. The summed E-state index contributed by atoms with van der Waals surface area (Å²) in [5.74, 6) is 1.14. The van der Waals surface area contributed by atoms with Gasteiger partial charge in [0.05, 0.1) is 5.69 Å². The van der Waals surface area contributed by atoms with E-state index in [4.69, 9.17) is 17.3 Å². The Balaban J connectivity index is 2.59. The molecule has 1 heterocycles. The van der Waals surface area contributed by atoms with Crippen LogP contribution in [0.15, 0.2) is 24.3 Å². The highest BCUT2D eigenvalue weighted by Gasteiger charge is 2.18. The molecule has 0 aliphatic carbocycles. The lowest BCUT2D eigenvalue weighted by molar-refractivity contribution is 0.568. The van der Waals surface area contributed by atoms with Gasteiger partial charge in [0.15, 0.2) is 5.82 Å². The highest BCUT2D eigenvalue weighted by molar-refractivity contribution is 6.30. The van der Waals surface area contributed by atoms with Crippen LogP contribution in [0, 0.1) is 6.92 Å². The molecule has 0 aliphatic rings. The first-order valence-corrected chi connectivity index (χ1v) is 6.57. The first-order valence-electron chi connectivity index (χ1n) is 6.19. The molecule has 2 aromatic rings. The summed E-state index contributed by atoms with van der Waals surface area (Å²) in [5.41, 5.74) is 8.77. The highest BCUT2D eigenvalue weighted by atomic mass is 35.5. The van der Waals surface area contributed by atoms with Gasteiger partial charge in [-0.3, -0.25) is 0 Å². The molecule has 19 heavy (non-hydrogen) atoms. The van der Waals surface area contributed by atoms with E-state index in [0.29, 0.717) is 16.7 Å². The van der Waals surface area contributed by atoms with Gasteiger partial charge in [-0.05, 0) is 30.7 Å². The van der Waals surface area contributed by atoms with Gasteiger partial charge in [-0.1, -0.05) is 32.4 Å². The van der Waals surface area contributed by atoms with Crippen molar-refractivity contribution in [1.82, 2.24) is 9.97 Å². The third-order valence-corrected chi connectivity index (χ3v) is 3.18. The number of hydrogen-bond donors (Lipinski definition) is 1. The highest BCUT2D eigenvalue weighted by Crippen LogP contribution is 2.27. The fourth-order valence-electron chi connectivity index (χ4n) is 1.85. The number of hydrogen-bond acceptors (Lipinski definition) is 3. The second-order valence-electron chi connectivity index (χ2n) is 5.71.